The zero-order valence-corrected chi connectivity index (χ0v) is 37.9. The van der Waals surface area contributed by atoms with Gasteiger partial charge in [0.15, 0.2) is 11.8 Å². The van der Waals surface area contributed by atoms with Gasteiger partial charge in [0.1, 0.15) is 18.5 Å². The number of para-hydroxylation sites is 2. The monoisotopic (exact) mass is 889 g/mol. The number of benzene rings is 2. The summed E-state index contributed by atoms with van der Waals surface area (Å²) in [6.45, 7) is 14.6. The van der Waals surface area contributed by atoms with E-state index in [1.807, 2.05) is 0 Å². The number of nitrogens with one attached hydrogen (secondary N) is 1. The van der Waals surface area contributed by atoms with Crippen molar-refractivity contribution in [3.63, 3.8) is 0 Å². The van der Waals surface area contributed by atoms with Crippen molar-refractivity contribution in [2.45, 2.75) is 115 Å². The average Bonchev–Trinajstić information content (AvgIpc) is 3.69. The summed E-state index contributed by atoms with van der Waals surface area (Å²) in [5, 5.41) is 21.9. The Morgan fingerprint density at radius 3 is 2.42 bits per heavy atom. The molecule has 4 heterocycles. The van der Waals surface area contributed by atoms with Crippen molar-refractivity contribution < 1.29 is 45.5 Å². The fraction of sp³-hybridized carbons (Fsp3) is 0.458. The molecular formula is C48H58ClF2N5O5S. The predicted octanol–water partition coefficient (Wildman–Crippen LogP) is 5.69. The maximum absolute atomic E-state index is 14.7. The van der Waals surface area contributed by atoms with Crippen LogP contribution in [-0.4, -0.2) is 79.5 Å². The Hall–Kier alpha value is -4.40. The number of aliphatic hydroxyl groups excluding tert-OH is 2. The van der Waals surface area contributed by atoms with Crippen molar-refractivity contribution >= 4 is 40.6 Å². The Morgan fingerprint density at radius 1 is 1.00 bits per heavy atom. The molecule has 3 aromatic rings. The topological polar surface area (TPSA) is 120 Å². The van der Waals surface area contributed by atoms with Crippen molar-refractivity contribution in [1.29, 1.82) is 0 Å². The highest BCUT2D eigenvalue weighted by Gasteiger charge is 2.59. The molecule has 10 nitrogen and oxygen atoms in total. The van der Waals surface area contributed by atoms with Crippen LogP contribution in [0.3, 0.4) is 0 Å². The number of rotatable bonds is 14. The summed E-state index contributed by atoms with van der Waals surface area (Å²) < 4.78 is 37.5. The molecule has 3 aliphatic heterocycles. The number of alkyl halides is 2. The number of carbonyl (C=O) groups is 1. The highest BCUT2D eigenvalue weighted by atomic mass is 35.5. The molecule has 0 spiro atoms. The fourth-order valence-electron chi connectivity index (χ4n) is 9.21. The second kappa shape index (κ2) is 19.1. The zero-order chi connectivity index (χ0) is 43.7. The van der Waals surface area contributed by atoms with E-state index < -0.39 is 36.7 Å². The first-order chi connectivity index (χ1) is 29.1. The summed E-state index contributed by atoms with van der Waals surface area (Å²) in [5.74, 6) is -3.87. The number of hydrogen-bond acceptors (Lipinski definition) is 8. The maximum atomic E-state index is 14.7. The molecule has 1 fully saturated rings. The number of amides is 1. The number of aliphatic hydroxyl groups is 2. The molecule has 14 heteroatoms. The Morgan fingerprint density at radius 2 is 1.73 bits per heavy atom. The third-order valence-electron chi connectivity index (χ3n) is 12.3. The number of thioether (sulfide) groups is 1. The number of hydrogen-bond donors (Lipinski definition) is 3. The first-order valence-electron chi connectivity index (χ1n) is 21.4. The predicted molar refractivity (Wildman–Crippen MR) is 239 cm³/mol. The van der Waals surface area contributed by atoms with Crippen LogP contribution in [0.15, 0.2) is 112 Å². The molecule has 1 aliphatic carbocycles. The van der Waals surface area contributed by atoms with Crippen molar-refractivity contribution in [2.24, 2.45) is 0 Å². The van der Waals surface area contributed by atoms with E-state index in [9.17, 15) is 28.6 Å². The van der Waals surface area contributed by atoms with Gasteiger partial charge in [-0.25, -0.2) is 4.79 Å². The molecule has 1 amide bonds. The van der Waals surface area contributed by atoms with E-state index in [2.05, 4.69) is 134 Å². The fourth-order valence-corrected chi connectivity index (χ4v) is 10.4. The van der Waals surface area contributed by atoms with Crippen LogP contribution >= 0.6 is 11.8 Å². The molecule has 332 valence electrons. The van der Waals surface area contributed by atoms with Gasteiger partial charge in [0.25, 0.3) is 0 Å². The molecular weight excluding hydrogens is 832 g/mol. The molecule has 4 aliphatic rings. The second-order valence-corrected chi connectivity index (χ2v) is 18.3. The minimum absolute atomic E-state index is 0. The van der Waals surface area contributed by atoms with Gasteiger partial charge in [-0.05, 0) is 74.4 Å². The van der Waals surface area contributed by atoms with E-state index in [1.165, 1.54) is 51.1 Å². The highest BCUT2D eigenvalue weighted by molar-refractivity contribution is 8.03. The lowest BCUT2D eigenvalue weighted by Crippen LogP contribution is -3.00. The maximum Gasteiger partial charge on any atom is 0.351 e. The van der Waals surface area contributed by atoms with Crippen molar-refractivity contribution in [2.75, 3.05) is 35.7 Å². The smallest absolute Gasteiger partial charge is 0.351 e. The summed E-state index contributed by atoms with van der Waals surface area (Å²) >= 11 is 1.64. The molecule has 7 rings (SSSR count). The Kier molecular flexibility index (Phi) is 14.5. The lowest BCUT2D eigenvalue weighted by atomic mass is 9.81. The van der Waals surface area contributed by atoms with Gasteiger partial charge in [-0.2, -0.15) is 18.3 Å². The molecule has 0 radical (unpaired) electrons. The number of nitrogens with zero attached hydrogens (tertiary/aromatic N) is 4. The van der Waals surface area contributed by atoms with E-state index in [0.29, 0.717) is 10.3 Å². The zero-order valence-electron chi connectivity index (χ0n) is 36.3. The first-order valence-corrected chi connectivity index (χ1v) is 22.4. The molecule has 3 atom stereocenters. The molecule has 0 unspecified atom stereocenters. The van der Waals surface area contributed by atoms with Crippen LogP contribution in [0.4, 0.5) is 26.0 Å². The normalized spacial score (nSPS) is 23.6. The first kappa shape index (κ1) is 47.1. The summed E-state index contributed by atoms with van der Waals surface area (Å²) in [6.07, 6.45) is 9.10. The summed E-state index contributed by atoms with van der Waals surface area (Å²) in [4.78, 5) is 33.5. The van der Waals surface area contributed by atoms with E-state index >= 15 is 0 Å². The van der Waals surface area contributed by atoms with Gasteiger partial charge in [0.05, 0.1) is 12.0 Å². The Balaban J connectivity index is 0.00000641. The lowest BCUT2D eigenvalue weighted by Gasteiger charge is -2.27. The summed E-state index contributed by atoms with van der Waals surface area (Å²) in [6, 6.07) is 18.5. The van der Waals surface area contributed by atoms with Gasteiger partial charge in [-0.3, -0.25) is 9.36 Å². The summed E-state index contributed by atoms with van der Waals surface area (Å²) in [7, 11) is 0. The second-order valence-electron chi connectivity index (χ2n) is 17.2. The summed E-state index contributed by atoms with van der Waals surface area (Å²) in [5.41, 5.74) is 8.64. The molecule has 1 aromatic heterocycles. The van der Waals surface area contributed by atoms with Gasteiger partial charge in [-0.15, -0.1) is 11.8 Å². The van der Waals surface area contributed by atoms with Crippen LogP contribution in [0.1, 0.15) is 97.4 Å². The van der Waals surface area contributed by atoms with Crippen LogP contribution in [-0.2, 0) is 20.4 Å². The minimum atomic E-state index is -3.84. The standard InChI is InChI=1S/C48H57F2N5O5S.ClH/c1-7-26-53-35-18-11-9-16-33(35)46(3,4)38(53)22-20-31-14-13-15-32(21-23-39-47(5,6)34-17-10-12-19-36(34)54(39)27-8-2)42(31)61-29-25-41(57)51-40-24-28-55(45(59)52-40)44-48(49,50)43(58)37(30-56)60-44;/h9-12,16-24,28,37,43-44,56,58H,7-8,13-15,25-27,29-30H2,1-6H3;1H/t37-,43-,44-;/m1./s1. The van der Waals surface area contributed by atoms with Crippen LogP contribution < -0.4 is 28.3 Å². The van der Waals surface area contributed by atoms with E-state index in [0.717, 1.165) is 56.3 Å². The quantitative estimate of drug-likeness (QED) is 0.177. The number of aromatic nitrogens is 2. The number of carbonyl (C=O) groups excluding carboxylic acids is 1. The van der Waals surface area contributed by atoms with E-state index in [1.54, 1.807) is 11.8 Å². The van der Waals surface area contributed by atoms with Gasteiger partial charge in [0, 0.05) is 70.7 Å². The SMILES string of the molecule is CCCN1/C(=C/C=C2\CCCC(/C=C/C3=[N+](CCC)c4ccccc4C3(C)C)=C2SCCC(=O)Nc2ccn([C@@H]3O[C@H](CO)[C@@H](O)C3(F)F)c(=O)n2)C(C)(C)c2ccccc21.[Cl-]. The van der Waals surface area contributed by atoms with Gasteiger partial charge in [0.2, 0.25) is 17.8 Å². The average molecular weight is 891 g/mol. The Bertz CT molecular complexity index is 2390. The minimum Gasteiger partial charge on any atom is -1.00 e. The molecule has 0 saturated carbocycles. The van der Waals surface area contributed by atoms with Crippen LogP contribution in [0.25, 0.3) is 0 Å². The molecule has 2 aromatic carbocycles. The highest BCUT2D eigenvalue weighted by Crippen LogP contribution is 2.48. The Labute approximate surface area is 373 Å². The third-order valence-corrected chi connectivity index (χ3v) is 13.6. The van der Waals surface area contributed by atoms with Crippen molar-refractivity contribution in [3.05, 3.63) is 128 Å². The largest absolute Gasteiger partial charge is 1.00 e. The van der Waals surface area contributed by atoms with Crippen LogP contribution in [0.5, 0.6) is 0 Å². The molecule has 0 bridgehead atoms. The number of allylic oxidation sites excluding steroid dienone is 7. The number of fused-ring (bicyclic) bond motifs is 2. The van der Waals surface area contributed by atoms with Gasteiger partial charge < -0.3 is 37.6 Å². The number of halogens is 3. The van der Waals surface area contributed by atoms with E-state index in [-0.39, 0.29) is 41.4 Å². The van der Waals surface area contributed by atoms with Gasteiger partial charge in [-0.1, -0.05) is 76.2 Å². The molecule has 1 saturated heterocycles. The van der Waals surface area contributed by atoms with E-state index in [4.69, 9.17) is 4.74 Å². The molecule has 62 heavy (non-hydrogen) atoms. The lowest BCUT2D eigenvalue weighted by molar-refractivity contribution is -0.437. The third kappa shape index (κ3) is 8.88. The van der Waals surface area contributed by atoms with Crippen LogP contribution in [0, 0.1) is 0 Å². The van der Waals surface area contributed by atoms with Crippen LogP contribution in [0.2, 0.25) is 0 Å². The van der Waals surface area contributed by atoms with Gasteiger partial charge >= 0.3 is 11.6 Å². The van der Waals surface area contributed by atoms with Crippen molar-refractivity contribution in [3.8, 4) is 0 Å². The molecule has 3 N–H and O–H groups in total. The number of anilines is 2. The van der Waals surface area contributed by atoms with Crippen molar-refractivity contribution in [1.82, 2.24) is 9.55 Å². The number of ether oxygens (including phenoxy) is 1.